The Labute approximate surface area is 105 Å². The van der Waals surface area contributed by atoms with E-state index in [1.165, 1.54) is 32.1 Å². The molecule has 1 saturated heterocycles. The number of hydrogen-bond donors (Lipinski definition) is 2. The molecule has 0 aromatic heterocycles. The minimum atomic E-state index is 0.508. The predicted octanol–water partition coefficient (Wildman–Crippen LogP) is 2.32. The van der Waals surface area contributed by atoms with Gasteiger partial charge in [0, 0.05) is 19.3 Å². The molecule has 100 valence electrons. The van der Waals surface area contributed by atoms with Crippen LogP contribution in [0.5, 0.6) is 0 Å². The van der Waals surface area contributed by atoms with Crippen molar-refractivity contribution >= 4 is 0 Å². The normalized spacial score (nSPS) is 37.9. The fourth-order valence-corrected chi connectivity index (χ4v) is 3.65. The Balaban J connectivity index is 1.93. The molecule has 1 saturated carbocycles. The summed E-state index contributed by atoms with van der Waals surface area (Å²) in [7, 11) is 0. The van der Waals surface area contributed by atoms with Crippen LogP contribution in [0.1, 0.15) is 46.0 Å². The lowest BCUT2D eigenvalue weighted by Crippen LogP contribution is -2.49. The Kier molecular flexibility index (Phi) is 4.83. The van der Waals surface area contributed by atoms with Gasteiger partial charge in [0.15, 0.2) is 0 Å². The van der Waals surface area contributed by atoms with Crippen LogP contribution in [0, 0.1) is 23.7 Å². The van der Waals surface area contributed by atoms with Gasteiger partial charge in [-0.25, -0.2) is 0 Å². The van der Waals surface area contributed by atoms with Gasteiger partial charge in [-0.1, -0.05) is 20.3 Å². The highest BCUT2D eigenvalue weighted by molar-refractivity contribution is 4.87. The van der Waals surface area contributed by atoms with Crippen molar-refractivity contribution in [3.8, 4) is 0 Å². The molecule has 0 aromatic rings. The molecule has 3 heteroatoms. The van der Waals surface area contributed by atoms with Gasteiger partial charge in [0.05, 0.1) is 0 Å². The van der Waals surface area contributed by atoms with E-state index in [1.807, 2.05) is 0 Å². The molecular formula is C14H28N2O. The largest absolute Gasteiger partial charge is 0.381 e. The number of nitrogens with two attached hydrogens (primary N) is 1. The van der Waals surface area contributed by atoms with Crippen molar-refractivity contribution in [1.29, 1.82) is 0 Å². The first-order valence-corrected chi connectivity index (χ1v) is 7.26. The van der Waals surface area contributed by atoms with E-state index in [9.17, 15) is 0 Å². The summed E-state index contributed by atoms with van der Waals surface area (Å²) >= 11 is 0. The maximum absolute atomic E-state index is 5.82. The van der Waals surface area contributed by atoms with Gasteiger partial charge in [-0.2, -0.15) is 0 Å². The lowest BCUT2D eigenvalue weighted by Gasteiger charge is -2.40. The van der Waals surface area contributed by atoms with Gasteiger partial charge in [0.25, 0.3) is 0 Å². The van der Waals surface area contributed by atoms with Gasteiger partial charge in [-0.05, 0) is 49.4 Å². The molecule has 2 rings (SSSR count). The lowest BCUT2D eigenvalue weighted by atomic mass is 9.70. The van der Waals surface area contributed by atoms with Crippen molar-refractivity contribution in [1.82, 2.24) is 5.43 Å². The lowest BCUT2D eigenvalue weighted by molar-refractivity contribution is 0.0344. The molecule has 0 aromatic carbocycles. The number of nitrogens with one attached hydrogen (secondary N) is 1. The zero-order valence-electron chi connectivity index (χ0n) is 11.3. The monoisotopic (exact) mass is 240 g/mol. The van der Waals surface area contributed by atoms with E-state index in [0.29, 0.717) is 6.04 Å². The van der Waals surface area contributed by atoms with Crippen LogP contribution >= 0.6 is 0 Å². The smallest absolute Gasteiger partial charge is 0.0469 e. The molecule has 0 radical (unpaired) electrons. The van der Waals surface area contributed by atoms with Crippen LogP contribution in [-0.4, -0.2) is 19.3 Å². The van der Waals surface area contributed by atoms with E-state index in [-0.39, 0.29) is 0 Å². The summed E-state index contributed by atoms with van der Waals surface area (Å²) in [6.07, 6.45) is 6.41. The minimum Gasteiger partial charge on any atom is -0.381 e. The van der Waals surface area contributed by atoms with Crippen LogP contribution in [-0.2, 0) is 4.74 Å². The Morgan fingerprint density at radius 2 is 1.71 bits per heavy atom. The average molecular weight is 240 g/mol. The van der Waals surface area contributed by atoms with Gasteiger partial charge in [-0.3, -0.25) is 11.3 Å². The highest BCUT2D eigenvalue weighted by Crippen LogP contribution is 2.38. The number of hydrogen-bond acceptors (Lipinski definition) is 3. The van der Waals surface area contributed by atoms with Crippen molar-refractivity contribution < 1.29 is 4.74 Å². The molecule has 2 fully saturated rings. The van der Waals surface area contributed by atoms with Crippen molar-refractivity contribution in [3.63, 3.8) is 0 Å². The zero-order chi connectivity index (χ0) is 12.3. The molecule has 3 nitrogen and oxygen atoms in total. The van der Waals surface area contributed by atoms with Crippen LogP contribution in [0.3, 0.4) is 0 Å². The SMILES string of the molecule is CC1CCC(C(NN)C2CCOCC2)CC1C. The summed E-state index contributed by atoms with van der Waals surface area (Å²) in [5.41, 5.74) is 3.12. The topological polar surface area (TPSA) is 47.3 Å². The predicted molar refractivity (Wildman–Crippen MR) is 70.3 cm³/mol. The van der Waals surface area contributed by atoms with Gasteiger partial charge in [0.1, 0.15) is 0 Å². The second-order valence-electron chi connectivity index (χ2n) is 6.17. The van der Waals surface area contributed by atoms with Crippen LogP contribution in [0.15, 0.2) is 0 Å². The molecule has 1 heterocycles. The molecule has 3 N–H and O–H groups in total. The van der Waals surface area contributed by atoms with E-state index < -0.39 is 0 Å². The van der Waals surface area contributed by atoms with E-state index in [4.69, 9.17) is 10.6 Å². The summed E-state index contributed by atoms with van der Waals surface area (Å²) < 4.78 is 5.45. The first-order valence-electron chi connectivity index (χ1n) is 7.26. The van der Waals surface area contributed by atoms with E-state index in [2.05, 4.69) is 19.3 Å². The number of ether oxygens (including phenoxy) is 1. The standard InChI is InChI=1S/C14H28N2O/c1-10-3-4-13(9-11(10)2)14(16-15)12-5-7-17-8-6-12/h10-14,16H,3-9,15H2,1-2H3. The van der Waals surface area contributed by atoms with Gasteiger partial charge < -0.3 is 4.74 Å². The molecule has 0 spiro atoms. The fraction of sp³-hybridized carbons (Fsp3) is 1.00. The van der Waals surface area contributed by atoms with Crippen molar-refractivity contribution in [2.45, 2.75) is 52.0 Å². The number of rotatable bonds is 3. The maximum Gasteiger partial charge on any atom is 0.0469 e. The summed E-state index contributed by atoms with van der Waals surface area (Å²) in [4.78, 5) is 0. The molecule has 4 unspecified atom stereocenters. The fourth-order valence-electron chi connectivity index (χ4n) is 3.65. The minimum absolute atomic E-state index is 0.508. The Bertz CT molecular complexity index is 228. The first-order chi connectivity index (χ1) is 8.22. The highest BCUT2D eigenvalue weighted by Gasteiger charge is 2.34. The second kappa shape index (κ2) is 6.17. The van der Waals surface area contributed by atoms with E-state index in [0.717, 1.165) is 36.9 Å². The summed E-state index contributed by atoms with van der Waals surface area (Å²) in [6, 6.07) is 0.508. The van der Waals surface area contributed by atoms with Crippen LogP contribution in [0.2, 0.25) is 0 Å². The van der Waals surface area contributed by atoms with E-state index in [1.54, 1.807) is 0 Å². The zero-order valence-corrected chi connectivity index (χ0v) is 11.3. The van der Waals surface area contributed by atoms with Gasteiger partial charge in [-0.15, -0.1) is 0 Å². The second-order valence-corrected chi connectivity index (χ2v) is 6.17. The molecule has 0 amide bonds. The third-order valence-electron chi connectivity index (χ3n) is 5.11. The average Bonchev–Trinajstić information content (AvgIpc) is 2.36. The Morgan fingerprint density at radius 1 is 1.00 bits per heavy atom. The third-order valence-corrected chi connectivity index (χ3v) is 5.11. The van der Waals surface area contributed by atoms with Crippen molar-refractivity contribution in [3.05, 3.63) is 0 Å². The molecule has 1 aliphatic carbocycles. The quantitative estimate of drug-likeness (QED) is 0.588. The van der Waals surface area contributed by atoms with E-state index >= 15 is 0 Å². The van der Waals surface area contributed by atoms with Crippen molar-refractivity contribution in [2.24, 2.45) is 29.5 Å². The summed E-state index contributed by atoms with van der Waals surface area (Å²) in [5.74, 6) is 9.06. The Hall–Kier alpha value is -0.120. The summed E-state index contributed by atoms with van der Waals surface area (Å²) in [6.45, 7) is 6.62. The third kappa shape index (κ3) is 3.21. The molecule has 2 aliphatic rings. The van der Waals surface area contributed by atoms with Crippen molar-refractivity contribution in [2.75, 3.05) is 13.2 Å². The molecule has 0 bridgehead atoms. The van der Waals surface area contributed by atoms with Crippen LogP contribution in [0.25, 0.3) is 0 Å². The molecule has 4 atom stereocenters. The molecular weight excluding hydrogens is 212 g/mol. The maximum atomic E-state index is 5.82. The Morgan fingerprint density at radius 3 is 2.29 bits per heavy atom. The van der Waals surface area contributed by atoms with Crippen LogP contribution < -0.4 is 11.3 Å². The number of hydrazine groups is 1. The van der Waals surface area contributed by atoms with Gasteiger partial charge >= 0.3 is 0 Å². The molecule has 1 aliphatic heterocycles. The van der Waals surface area contributed by atoms with Crippen LogP contribution in [0.4, 0.5) is 0 Å². The van der Waals surface area contributed by atoms with Gasteiger partial charge in [0.2, 0.25) is 0 Å². The first kappa shape index (κ1) is 13.3. The summed E-state index contributed by atoms with van der Waals surface area (Å²) in [5, 5.41) is 0. The molecule has 17 heavy (non-hydrogen) atoms. The highest BCUT2D eigenvalue weighted by atomic mass is 16.5.